The fraction of sp³-hybridized carbons (Fsp3) is 0.238. The van der Waals surface area contributed by atoms with E-state index in [9.17, 15) is 18.4 Å². The van der Waals surface area contributed by atoms with Gasteiger partial charge < -0.3 is 14.7 Å². The fourth-order valence-electron chi connectivity index (χ4n) is 3.31. The third kappa shape index (κ3) is 4.35. The molecule has 2 heterocycles. The van der Waals surface area contributed by atoms with Gasteiger partial charge in [0, 0.05) is 25.4 Å². The van der Waals surface area contributed by atoms with Crippen LogP contribution in [-0.2, 0) is 17.9 Å². The van der Waals surface area contributed by atoms with Gasteiger partial charge in [-0.2, -0.15) is 4.98 Å². The van der Waals surface area contributed by atoms with E-state index in [1.54, 1.807) is 23.1 Å². The quantitative estimate of drug-likeness (QED) is 0.673. The van der Waals surface area contributed by atoms with E-state index < -0.39 is 11.7 Å². The highest BCUT2D eigenvalue weighted by molar-refractivity contribution is 5.94. The van der Waals surface area contributed by atoms with E-state index in [4.69, 9.17) is 4.52 Å². The highest BCUT2D eigenvalue weighted by Crippen LogP contribution is 2.27. The second kappa shape index (κ2) is 8.40. The first-order valence-electron chi connectivity index (χ1n) is 9.37. The Bertz CT molecular complexity index is 1070. The number of nitrogens with one attached hydrogen (secondary N) is 1. The third-order valence-electron chi connectivity index (χ3n) is 4.87. The molecule has 154 valence electrons. The lowest BCUT2D eigenvalue weighted by molar-refractivity contribution is -0.128. The van der Waals surface area contributed by atoms with Gasteiger partial charge in [-0.15, -0.1) is 0 Å². The molecule has 1 unspecified atom stereocenters. The number of halogens is 2. The Balaban J connectivity index is 1.34. The number of rotatable bonds is 6. The average molecular weight is 412 g/mol. The molecule has 1 aliphatic rings. The van der Waals surface area contributed by atoms with Crippen molar-refractivity contribution in [3.8, 4) is 0 Å². The summed E-state index contributed by atoms with van der Waals surface area (Å²) < 4.78 is 31.8. The van der Waals surface area contributed by atoms with Gasteiger partial charge in [-0.25, -0.2) is 8.78 Å². The van der Waals surface area contributed by atoms with Crippen LogP contribution in [0.4, 0.5) is 8.78 Å². The smallest absolute Gasteiger partial charge is 0.254 e. The predicted octanol–water partition coefficient (Wildman–Crippen LogP) is 2.79. The Morgan fingerprint density at radius 2 is 1.93 bits per heavy atom. The first kappa shape index (κ1) is 19.7. The summed E-state index contributed by atoms with van der Waals surface area (Å²) >= 11 is 0. The molecule has 1 atom stereocenters. The second-order valence-electron chi connectivity index (χ2n) is 7.01. The van der Waals surface area contributed by atoms with E-state index in [1.807, 2.05) is 0 Å². The summed E-state index contributed by atoms with van der Waals surface area (Å²) in [6.07, 6.45) is 0.238. The third-order valence-corrected chi connectivity index (χ3v) is 4.87. The maximum Gasteiger partial charge on any atom is 0.254 e. The molecule has 1 aromatic heterocycles. The van der Waals surface area contributed by atoms with E-state index in [-0.39, 0.29) is 42.1 Å². The van der Waals surface area contributed by atoms with Crippen LogP contribution in [0.1, 0.15) is 40.0 Å². The van der Waals surface area contributed by atoms with Crippen LogP contribution in [0.5, 0.6) is 0 Å². The molecule has 1 aliphatic heterocycles. The zero-order valence-corrected chi connectivity index (χ0v) is 15.8. The molecule has 1 fully saturated rings. The van der Waals surface area contributed by atoms with E-state index in [1.165, 1.54) is 30.3 Å². The highest BCUT2D eigenvalue weighted by Gasteiger charge is 2.33. The van der Waals surface area contributed by atoms with Gasteiger partial charge in [0.05, 0.1) is 12.1 Å². The minimum absolute atomic E-state index is 0.0523. The Kier molecular flexibility index (Phi) is 5.51. The van der Waals surface area contributed by atoms with E-state index >= 15 is 0 Å². The number of nitrogens with zero attached hydrogens (tertiary/aromatic N) is 3. The van der Waals surface area contributed by atoms with Crippen molar-refractivity contribution >= 4 is 11.8 Å². The molecular formula is C21H18F2N4O3. The predicted molar refractivity (Wildman–Crippen MR) is 101 cm³/mol. The Labute approximate surface area is 170 Å². The molecule has 1 N–H and O–H groups in total. The summed E-state index contributed by atoms with van der Waals surface area (Å²) in [7, 11) is 0. The van der Waals surface area contributed by atoms with Gasteiger partial charge in [0.15, 0.2) is 5.82 Å². The van der Waals surface area contributed by atoms with Gasteiger partial charge >= 0.3 is 0 Å². The summed E-state index contributed by atoms with van der Waals surface area (Å²) in [5.41, 5.74) is 0.755. The van der Waals surface area contributed by atoms with Crippen molar-refractivity contribution in [1.29, 1.82) is 0 Å². The molecule has 2 amide bonds. The molecule has 0 aliphatic carbocycles. The van der Waals surface area contributed by atoms with Crippen molar-refractivity contribution < 1.29 is 22.9 Å². The van der Waals surface area contributed by atoms with Crippen molar-refractivity contribution in [2.24, 2.45) is 0 Å². The van der Waals surface area contributed by atoms with E-state index in [0.29, 0.717) is 18.9 Å². The summed E-state index contributed by atoms with van der Waals surface area (Å²) in [6.45, 7) is 0.732. The van der Waals surface area contributed by atoms with Crippen molar-refractivity contribution in [2.75, 3.05) is 6.54 Å². The number of carbonyl (C=O) groups is 2. The summed E-state index contributed by atoms with van der Waals surface area (Å²) in [5.74, 6) is -1.28. The van der Waals surface area contributed by atoms with Crippen LogP contribution in [0, 0.1) is 11.6 Å². The number of hydrogen-bond donors (Lipinski definition) is 1. The lowest BCUT2D eigenvalue weighted by Crippen LogP contribution is -2.24. The second-order valence-corrected chi connectivity index (χ2v) is 7.01. The van der Waals surface area contributed by atoms with Crippen LogP contribution >= 0.6 is 0 Å². The minimum atomic E-state index is -0.619. The minimum Gasteiger partial charge on any atom is -0.343 e. The van der Waals surface area contributed by atoms with Gasteiger partial charge in [-0.05, 0) is 29.8 Å². The van der Waals surface area contributed by atoms with E-state index in [0.717, 1.165) is 5.56 Å². The largest absolute Gasteiger partial charge is 0.343 e. The van der Waals surface area contributed by atoms with Gasteiger partial charge in [-0.3, -0.25) is 9.59 Å². The zero-order chi connectivity index (χ0) is 21.1. The van der Waals surface area contributed by atoms with Crippen molar-refractivity contribution in [3.05, 3.63) is 83.0 Å². The molecule has 2 aromatic carbocycles. The molecule has 7 nitrogen and oxygen atoms in total. The van der Waals surface area contributed by atoms with Crippen LogP contribution in [0.15, 0.2) is 53.1 Å². The molecule has 1 saturated heterocycles. The fourth-order valence-corrected chi connectivity index (χ4v) is 3.31. The van der Waals surface area contributed by atoms with Crippen LogP contribution in [-0.4, -0.2) is 33.4 Å². The first-order valence-corrected chi connectivity index (χ1v) is 9.37. The maximum absolute atomic E-state index is 13.7. The number of benzene rings is 2. The summed E-state index contributed by atoms with van der Waals surface area (Å²) in [5, 5.41) is 6.45. The van der Waals surface area contributed by atoms with Crippen molar-refractivity contribution in [3.63, 3.8) is 0 Å². The molecule has 3 aromatic rings. The molecule has 0 bridgehead atoms. The van der Waals surface area contributed by atoms with Crippen LogP contribution in [0.2, 0.25) is 0 Å². The Morgan fingerprint density at radius 3 is 2.70 bits per heavy atom. The lowest BCUT2D eigenvalue weighted by atomic mass is 10.1. The summed E-state index contributed by atoms with van der Waals surface area (Å²) in [4.78, 5) is 30.3. The zero-order valence-electron chi connectivity index (χ0n) is 15.8. The van der Waals surface area contributed by atoms with Crippen LogP contribution < -0.4 is 5.32 Å². The molecule has 0 saturated carbocycles. The van der Waals surface area contributed by atoms with Gasteiger partial charge in [0.2, 0.25) is 11.8 Å². The van der Waals surface area contributed by atoms with Gasteiger partial charge in [-0.1, -0.05) is 29.4 Å². The van der Waals surface area contributed by atoms with Crippen molar-refractivity contribution in [2.45, 2.75) is 25.4 Å². The molecule has 9 heteroatoms. The normalized spacial score (nSPS) is 16.1. The molecule has 0 spiro atoms. The average Bonchev–Trinajstić information content (AvgIpc) is 3.35. The number of aromatic nitrogens is 2. The van der Waals surface area contributed by atoms with Gasteiger partial charge in [0.25, 0.3) is 5.91 Å². The standard InChI is InChI=1S/C21H18F2N4O3/c22-15-7-5-13(6-8-15)11-27-12-14(9-19(27)28)20-25-18(30-26-20)10-24-21(29)16-3-1-2-4-17(16)23/h1-8,14H,9-12H2,(H,24,29). The molecule has 4 rings (SSSR count). The molecule has 0 radical (unpaired) electrons. The maximum atomic E-state index is 13.7. The Morgan fingerprint density at radius 1 is 1.17 bits per heavy atom. The number of likely N-dealkylation sites (tertiary alicyclic amines) is 1. The highest BCUT2D eigenvalue weighted by atomic mass is 19.1. The monoisotopic (exact) mass is 412 g/mol. The number of hydrogen-bond acceptors (Lipinski definition) is 5. The van der Waals surface area contributed by atoms with Crippen LogP contribution in [0.25, 0.3) is 0 Å². The number of amides is 2. The first-order chi connectivity index (χ1) is 14.5. The topological polar surface area (TPSA) is 88.3 Å². The van der Waals surface area contributed by atoms with E-state index in [2.05, 4.69) is 15.5 Å². The molecular weight excluding hydrogens is 394 g/mol. The van der Waals surface area contributed by atoms with Crippen LogP contribution in [0.3, 0.4) is 0 Å². The van der Waals surface area contributed by atoms with Crippen molar-refractivity contribution in [1.82, 2.24) is 20.4 Å². The molecule has 30 heavy (non-hydrogen) atoms. The Hall–Kier alpha value is -3.62. The lowest BCUT2D eigenvalue weighted by Gasteiger charge is -2.16. The number of carbonyl (C=O) groups excluding carboxylic acids is 2. The SMILES string of the molecule is O=C(NCc1nc(C2CC(=O)N(Cc3ccc(F)cc3)C2)no1)c1ccccc1F. The van der Waals surface area contributed by atoms with Gasteiger partial charge in [0.1, 0.15) is 11.6 Å². The summed E-state index contributed by atoms with van der Waals surface area (Å²) in [6, 6.07) is 11.6.